The number of ether oxygens (including phenoxy) is 3. The molecule has 0 bridgehead atoms. The summed E-state index contributed by atoms with van der Waals surface area (Å²) < 4.78 is 14.7. The Balaban J connectivity index is 2.34. The standard InChI is InChI=1S/C18H24O6/c1-3-4-5-6-7-12-17(20)22-13-23-18(21)15-10-8-9-11-16(15)24-14(2)19/h8-11H,3-7,12-13H2,1-2H3. The number of esters is 3. The summed E-state index contributed by atoms with van der Waals surface area (Å²) in [5.41, 5.74) is 0.100. The smallest absolute Gasteiger partial charge is 0.344 e. The van der Waals surface area contributed by atoms with E-state index in [1.165, 1.54) is 19.1 Å². The predicted octanol–water partition coefficient (Wildman–Crippen LogP) is 3.63. The summed E-state index contributed by atoms with van der Waals surface area (Å²) in [6, 6.07) is 6.20. The Labute approximate surface area is 142 Å². The number of para-hydroxylation sites is 1. The second kappa shape index (κ2) is 11.2. The van der Waals surface area contributed by atoms with Crippen molar-refractivity contribution < 1.29 is 28.6 Å². The first-order chi connectivity index (χ1) is 11.5. The van der Waals surface area contributed by atoms with E-state index in [2.05, 4.69) is 6.92 Å². The predicted molar refractivity (Wildman–Crippen MR) is 87.5 cm³/mol. The molecule has 0 atom stereocenters. The molecule has 1 aromatic carbocycles. The van der Waals surface area contributed by atoms with Crippen LogP contribution in [0.3, 0.4) is 0 Å². The van der Waals surface area contributed by atoms with E-state index in [1.54, 1.807) is 12.1 Å². The third-order valence-electron chi connectivity index (χ3n) is 3.26. The van der Waals surface area contributed by atoms with Crippen molar-refractivity contribution in [3.05, 3.63) is 29.8 Å². The second-order valence-corrected chi connectivity index (χ2v) is 5.32. The number of hydrogen-bond acceptors (Lipinski definition) is 6. The molecule has 0 saturated carbocycles. The fraction of sp³-hybridized carbons (Fsp3) is 0.500. The van der Waals surface area contributed by atoms with Crippen LogP contribution >= 0.6 is 0 Å². The first kappa shape index (κ1) is 19.7. The number of hydrogen-bond donors (Lipinski definition) is 0. The van der Waals surface area contributed by atoms with E-state index < -0.39 is 24.7 Å². The Kier molecular flexibility index (Phi) is 9.19. The summed E-state index contributed by atoms with van der Waals surface area (Å²) in [6.45, 7) is 2.91. The van der Waals surface area contributed by atoms with Crippen molar-refractivity contribution >= 4 is 17.9 Å². The van der Waals surface area contributed by atoms with Gasteiger partial charge in [0.2, 0.25) is 6.79 Å². The SMILES string of the molecule is CCCCCCCC(=O)OCOC(=O)c1ccccc1OC(C)=O. The molecule has 1 rings (SSSR count). The Hall–Kier alpha value is -2.37. The van der Waals surface area contributed by atoms with E-state index in [0.717, 1.165) is 32.1 Å². The van der Waals surface area contributed by atoms with Gasteiger partial charge in [0.05, 0.1) is 0 Å². The lowest BCUT2D eigenvalue weighted by atomic mass is 10.1. The van der Waals surface area contributed by atoms with E-state index in [1.807, 2.05) is 0 Å². The average Bonchev–Trinajstić information content (AvgIpc) is 2.54. The lowest BCUT2D eigenvalue weighted by Crippen LogP contribution is -2.14. The van der Waals surface area contributed by atoms with Gasteiger partial charge in [-0.3, -0.25) is 9.59 Å². The lowest BCUT2D eigenvalue weighted by molar-refractivity contribution is -0.152. The number of unbranched alkanes of at least 4 members (excludes halogenated alkanes) is 4. The summed E-state index contributed by atoms with van der Waals surface area (Å²) in [4.78, 5) is 34.5. The molecule has 1 aromatic rings. The second-order valence-electron chi connectivity index (χ2n) is 5.32. The maximum atomic E-state index is 12.0. The maximum absolute atomic E-state index is 12.0. The Morgan fingerprint density at radius 1 is 0.958 bits per heavy atom. The van der Waals surface area contributed by atoms with Gasteiger partial charge >= 0.3 is 17.9 Å². The highest BCUT2D eigenvalue weighted by atomic mass is 16.7. The monoisotopic (exact) mass is 336 g/mol. The largest absolute Gasteiger partial charge is 0.428 e. The van der Waals surface area contributed by atoms with Crippen molar-refractivity contribution in [3.8, 4) is 5.75 Å². The molecule has 0 fully saturated rings. The average molecular weight is 336 g/mol. The van der Waals surface area contributed by atoms with Crippen LogP contribution in [0.5, 0.6) is 5.75 Å². The first-order valence-corrected chi connectivity index (χ1v) is 8.14. The molecule has 0 aliphatic rings. The molecule has 6 nitrogen and oxygen atoms in total. The molecule has 6 heteroatoms. The van der Waals surface area contributed by atoms with Crippen LogP contribution in [-0.2, 0) is 19.1 Å². The van der Waals surface area contributed by atoms with Crippen molar-refractivity contribution in [2.24, 2.45) is 0 Å². The molecule has 0 N–H and O–H groups in total. The lowest BCUT2D eigenvalue weighted by Gasteiger charge is -2.09. The van der Waals surface area contributed by atoms with Crippen LogP contribution < -0.4 is 4.74 Å². The summed E-state index contributed by atoms with van der Waals surface area (Å²) in [6.07, 6.45) is 5.47. The van der Waals surface area contributed by atoms with Gasteiger partial charge in [0.1, 0.15) is 11.3 Å². The number of carbonyl (C=O) groups is 3. The van der Waals surface area contributed by atoms with Crippen LogP contribution in [0.2, 0.25) is 0 Å². The van der Waals surface area contributed by atoms with Gasteiger partial charge in [0.15, 0.2) is 0 Å². The van der Waals surface area contributed by atoms with E-state index in [9.17, 15) is 14.4 Å². The van der Waals surface area contributed by atoms with Gasteiger partial charge in [-0.25, -0.2) is 4.79 Å². The van der Waals surface area contributed by atoms with Gasteiger partial charge < -0.3 is 14.2 Å². The highest BCUT2D eigenvalue weighted by molar-refractivity contribution is 5.93. The van der Waals surface area contributed by atoms with Crippen molar-refractivity contribution in [1.29, 1.82) is 0 Å². The molecular formula is C18H24O6. The third-order valence-corrected chi connectivity index (χ3v) is 3.26. The summed E-state index contributed by atoms with van der Waals surface area (Å²) in [5, 5.41) is 0. The van der Waals surface area contributed by atoms with Crippen molar-refractivity contribution in [2.75, 3.05) is 6.79 Å². The zero-order valence-corrected chi connectivity index (χ0v) is 14.2. The Bertz CT molecular complexity index is 552. The fourth-order valence-electron chi connectivity index (χ4n) is 2.05. The highest BCUT2D eigenvalue weighted by Crippen LogP contribution is 2.19. The fourth-order valence-corrected chi connectivity index (χ4v) is 2.05. The maximum Gasteiger partial charge on any atom is 0.344 e. The number of carbonyl (C=O) groups excluding carboxylic acids is 3. The van der Waals surface area contributed by atoms with E-state index in [-0.39, 0.29) is 11.3 Å². The quantitative estimate of drug-likeness (QED) is 0.281. The van der Waals surface area contributed by atoms with Crippen LogP contribution in [0.25, 0.3) is 0 Å². The zero-order chi connectivity index (χ0) is 17.8. The summed E-state index contributed by atoms with van der Waals surface area (Å²) >= 11 is 0. The molecule has 0 radical (unpaired) electrons. The highest BCUT2D eigenvalue weighted by Gasteiger charge is 2.15. The third kappa shape index (κ3) is 7.76. The molecule has 0 aliphatic heterocycles. The molecule has 0 unspecified atom stereocenters. The van der Waals surface area contributed by atoms with Crippen molar-refractivity contribution in [3.63, 3.8) is 0 Å². The van der Waals surface area contributed by atoms with Crippen LogP contribution in [0.1, 0.15) is 62.7 Å². The van der Waals surface area contributed by atoms with Crippen molar-refractivity contribution in [2.45, 2.75) is 52.4 Å². The molecule has 24 heavy (non-hydrogen) atoms. The van der Waals surface area contributed by atoms with E-state index in [4.69, 9.17) is 14.2 Å². The van der Waals surface area contributed by atoms with Crippen LogP contribution in [0.15, 0.2) is 24.3 Å². The molecule has 0 aromatic heterocycles. The van der Waals surface area contributed by atoms with Gasteiger partial charge in [-0.05, 0) is 18.6 Å². The van der Waals surface area contributed by atoms with Crippen LogP contribution in [0, 0.1) is 0 Å². The minimum absolute atomic E-state index is 0.100. The molecular weight excluding hydrogens is 312 g/mol. The summed E-state index contributed by atoms with van der Waals surface area (Å²) in [5.74, 6) is -1.54. The molecule has 0 heterocycles. The van der Waals surface area contributed by atoms with Crippen molar-refractivity contribution in [1.82, 2.24) is 0 Å². The van der Waals surface area contributed by atoms with E-state index in [0.29, 0.717) is 6.42 Å². The zero-order valence-electron chi connectivity index (χ0n) is 14.2. The minimum Gasteiger partial charge on any atom is -0.428 e. The molecule has 0 spiro atoms. The first-order valence-electron chi connectivity index (χ1n) is 8.14. The molecule has 0 aliphatic carbocycles. The topological polar surface area (TPSA) is 78.9 Å². The minimum atomic E-state index is -0.720. The number of benzene rings is 1. The van der Waals surface area contributed by atoms with Gasteiger partial charge in [0.25, 0.3) is 0 Å². The van der Waals surface area contributed by atoms with E-state index >= 15 is 0 Å². The van der Waals surface area contributed by atoms with Gasteiger partial charge in [-0.2, -0.15) is 0 Å². The van der Waals surface area contributed by atoms with Crippen LogP contribution in [0.4, 0.5) is 0 Å². The Morgan fingerprint density at radius 2 is 1.67 bits per heavy atom. The Morgan fingerprint density at radius 3 is 2.38 bits per heavy atom. The molecule has 0 amide bonds. The summed E-state index contributed by atoms with van der Waals surface area (Å²) in [7, 11) is 0. The molecule has 0 saturated heterocycles. The normalized spacial score (nSPS) is 10.1. The van der Waals surface area contributed by atoms with Gasteiger partial charge in [-0.15, -0.1) is 0 Å². The van der Waals surface area contributed by atoms with Gasteiger partial charge in [-0.1, -0.05) is 44.7 Å². The van der Waals surface area contributed by atoms with Gasteiger partial charge in [0, 0.05) is 13.3 Å². The van der Waals surface area contributed by atoms with Crippen LogP contribution in [-0.4, -0.2) is 24.7 Å². The number of rotatable bonds is 10. The molecule has 132 valence electrons.